The average Bonchev–Trinajstić information content (AvgIpc) is 3.14. The minimum absolute atomic E-state index is 0.121. The number of nitrogens with one attached hydrogen (secondary N) is 2. The van der Waals surface area contributed by atoms with Gasteiger partial charge in [0.05, 0.1) is 0 Å². The van der Waals surface area contributed by atoms with Crippen LogP contribution in [0.5, 0.6) is 0 Å². The van der Waals surface area contributed by atoms with E-state index >= 15 is 0 Å². The molecular formula is C20H19ClN4O2S. The first-order valence-corrected chi connectivity index (χ1v) is 9.89. The van der Waals surface area contributed by atoms with Crippen molar-refractivity contribution >= 4 is 39.9 Å². The molecule has 28 heavy (non-hydrogen) atoms. The highest BCUT2D eigenvalue weighted by molar-refractivity contribution is 7.18. The molecule has 1 aromatic heterocycles. The highest BCUT2D eigenvalue weighted by atomic mass is 35.5. The SMILES string of the molecule is CC(C)[C@@H](NC(=O)c1cccc(Cl)c1)C(=O)Nc1nnc(-c2ccccc2)s1. The third kappa shape index (κ3) is 4.94. The molecule has 2 amide bonds. The van der Waals surface area contributed by atoms with Gasteiger partial charge in [-0.2, -0.15) is 0 Å². The van der Waals surface area contributed by atoms with E-state index < -0.39 is 6.04 Å². The first-order valence-electron chi connectivity index (χ1n) is 8.70. The van der Waals surface area contributed by atoms with Crippen LogP contribution < -0.4 is 10.6 Å². The molecule has 6 nitrogen and oxygen atoms in total. The van der Waals surface area contributed by atoms with Gasteiger partial charge in [-0.3, -0.25) is 14.9 Å². The van der Waals surface area contributed by atoms with Crippen molar-refractivity contribution in [3.05, 3.63) is 65.2 Å². The second-order valence-electron chi connectivity index (χ2n) is 6.47. The number of benzene rings is 2. The Labute approximate surface area is 172 Å². The molecule has 0 saturated heterocycles. The van der Waals surface area contributed by atoms with Gasteiger partial charge in [-0.1, -0.05) is 73.2 Å². The normalized spacial score (nSPS) is 11.9. The Morgan fingerprint density at radius 3 is 2.46 bits per heavy atom. The van der Waals surface area contributed by atoms with E-state index in [0.29, 0.717) is 20.7 Å². The maximum atomic E-state index is 12.7. The van der Waals surface area contributed by atoms with Crippen molar-refractivity contribution in [1.29, 1.82) is 0 Å². The average molecular weight is 415 g/mol. The molecule has 3 rings (SSSR count). The first kappa shape index (κ1) is 20.0. The molecule has 0 saturated carbocycles. The molecule has 0 aliphatic heterocycles. The van der Waals surface area contributed by atoms with E-state index in [0.717, 1.165) is 5.56 Å². The lowest BCUT2D eigenvalue weighted by Crippen LogP contribution is -2.47. The van der Waals surface area contributed by atoms with E-state index in [-0.39, 0.29) is 17.7 Å². The summed E-state index contributed by atoms with van der Waals surface area (Å²) in [6.07, 6.45) is 0. The van der Waals surface area contributed by atoms with Crippen molar-refractivity contribution in [3.8, 4) is 10.6 Å². The third-order valence-corrected chi connectivity index (χ3v) is 5.12. The molecule has 0 radical (unpaired) electrons. The molecule has 0 fully saturated rings. The fourth-order valence-corrected chi connectivity index (χ4v) is 3.49. The lowest BCUT2D eigenvalue weighted by molar-refractivity contribution is -0.118. The Morgan fingerprint density at radius 1 is 1.04 bits per heavy atom. The van der Waals surface area contributed by atoms with Crippen LogP contribution in [0.3, 0.4) is 0 Å². The van der Waals surface area contributed by atoms with E-state index in [1.165, 1.54) is 11.3 Å². The van der Waals surface area contributed by atoms with Crippen LogP contribution in [0.15, 0.2) is 54.6 Å². The molecule has 1 atom stereocenters. The van der Waals surface area contributed by atoms with E-state index in [1.807, 2.05) is 44.2 Å². The van der Waals surface area contributed by atoms with Crippen LogP contribution in [-0.2, 0) is 4.79 Å². The summed E-state index contributed by atoms with van der Waals surface area (Å²) >= 11 is 7.21. The zero-order chi connectivity index (χ0) is 20.1. The fourth-order valence-electron chi connectivity index (χ4n) is 2.54. The summed E-state index contributed by atoms with van der Waals surface area (Å²) in [5, 5.41) is 15.2. The number of anilines is 1. The Morgan fingerprint density at radius 2 is 1.79 bits per heavy atom. The summed E-state index contributed by atoms with van der Waals surface area (Å²) in [5.41, 5.74) is 1.32. The molecule has 2 aromatic carbocycles. The van der Waals surface area contributed by atoms with Gasteiger partial charge in [-0.25, -0.2) is 0 Å². The Balaban J connectivity index is 1.70. The molecule has 0 aliphatic carbocycles. The van der Waals surface area contributed by atoms with Gasteiger partial charge in [-0.15, -0.1) is 10.2 Å². The summed E-state index contributed by atoms with van der Waals surface area (Å²) in [6, 6.07) is 15.4. The van der Waals surface area contributed by atoms with Gasteiger partial charge in [0.1, 0.15) is 11.0 Å². The highest BCUT2D eigenvalue weighted by Crippen LogP contribution is 2.26. The lowest BCUT2D eigenvalue weighted by Gasteiger charge is -2.21. The molecule has 8 heteroatoms. The molecular weight excluding hydrogens is 396 g/mol. The maximum absolute atomic E-state index is 12.7. The second kappa shape index (κ2) is 8.95. The standard InChI is InChI=1S/C20H19ClN4O2S/c1-12(2)16(22-17(26)14-9-6-10-15(21)11-14)18(27)23-20-25-24-19(28-20)13-7-4-3-5-8-13/h3-12,16H,1-2H3,(H,22,26)(H,23,25,27)/t16-/m1/s1. The third-order valence-electron chi connectivity index (χ3n) is 4.00. The van der Waals surface area contributed by atoms with E-state index in [9.17, 15) is 9.59 Å². The topological polar surface area (TPSA) is 84.0 Å². The summed E-state index contributed by atoms with van der Waals surface area (Å²) in [6.45, 7) is 3.72. The van der Waals surface area contributed by atoms with Crippen LogP contribution >= 0.6 is 22.9 Å². The molecule has 0 bridgehead atoms. The van der Waals surface area contributed by atoms with Gasteiger partial charge in [0.15, 0.2) is 0 Å². The second-order valence-corrected chi connectivity index (χ2v) is 7.89. The molecule has 3 aromatic rings. The van der Waals surface area contributed by atoms with Crippen molar-refractivity contribution in [3.63, 3.8) is 0 Å². The lowest BCUT2D eigenvalue weighted by atomic mass is 10.0. The van der Waals surface area contributed by atoms with E-state index in [1.54, 1.807) is 24.3 Å². The molecule has 1 heterocycles. The monoisotopic (exact) mass is 414 g/mol. The van der Waals surface area contributed by atoms with Crippen molar-refractivity contribution < 1.29 is 9.59 Å². The molecule has 0 aliphatic rings. The molecule has 0 spiro atoms. The number of rotatable bonds is 6. The number of hydrogen-bond donors (Lipinski definition) is 2. The van der Waals surface area contributed by atoms with Gasteiger partial charge in [0.2, 0.25) is 11.0 Å². The quantitative estimate of drug-likeness (QED) is 0.631. The number of carbonyl (C=O) groups excluding carboxylic acids is 2. The number of amides is 2. The van der Waals surface area contributed by atoms with Crippen LogP contribution in [0.1, 0.15) is 24.2 Å². The smallest absolute Gasteiger partial charge is 0.251 e. The number of hydrogen-bond acceptors (Lipinski definition) is 5. The van der Waals surface area contributed by atoms with Crippen LogP contribution in [0.2, 0.25) is 5.02 Å². The minimum atomic E-state index is -0.726. The maximum Gasteiger partial charge on any atom is 0.251 e. The predicted molar refractivity (Wildman–Crippen MR) is 112 cm³/mol. The summed E-state index contributed by atoms with van der Waals surface area (Å²) in [4.78, 5) is 25.2. The van der Waals surface area contributed by atoms with E-state index in [4.69, 9.17) is 11.6 Å². The Kier molecular flexibility index (Phi) is 6.38. The van der Waals surface area contributed by atoms with Gasteiger partial charge >= 0.3 is 0 Å². The van der Waals surface area contributed by atoms with Crippen LogP contribution in [-0.4, -0.2) is 28.1 Å². The van der Waals surface area contributed by atoms with Crippen molar-refractivity contribution in [2.75, 3.05) is 5.32 Å². The Bertz CT molecular complexity index is 975. The number of carbonyl (C=O) groups is 2. The summed E-state index contributed by atoms with van der Waals surface area (Å²) in [5.74, 6) is -0.829. The van der Waals surface area contributed by atoms with Crippen molar-refractivity contribution in [2.24, 2.45) is 5.92 Å². The highest BCUT2D eigenvalue weighted by Gasteiger charge is 2.26. The zero-order valence-electron chi connectivity index (χ0n) is 15.3. The predicted octanol–water partition coefficient (Wildman–Crippen LogP) is 4.25. The Hall–Kier alpha value is -2.77. The zero-order valence-corrected chi connectivity index (χ0v) is 16.9. The van der Waals surface area contributed by atoms with Crippen LogP contribution in [0.25, 0.3) is 10.6 Å². The van der Waals surface area contributed by atoms with Crippen LogP contribution in [0, 0.1) is 5.92 Å². The summed E-state index contributed by atoms with van der Waals surface area (Å²) in [7, 11) is 0. The molecule has 0 unspecified atom stereocenters. The molecule has 144 valence electrons. The fraction of sp³-hybridized carbons (Fsp3) is 0.200. The van der Waals surface area contributed by atoms with Crippen molar-refractivity contribution in [1.82, 2.24) is 15.5 Å². The first-order chi connectivity index (χ1) is 13.4. The van der Waals surface area contributed by atoms with Crippen LogP contribution in [0.4, 0.5) is 5.13 Å². The van der Waals surface area contributed by atoms with Gasteiger partial charge in [0, 0.05) is 16.1 Å². The largest absolute Gasteiger partial charge is 0.340 e. The number of aromatic nitrogens is 2. The molecule has 2 N–H and O–H groups in total. The number of halogens is 1. The van der Waals surface area contributed by atoms with Gasteiger partial charge < -0.3 is 5.32 Å². The van der Waals surface area contributed by atoms with E-state index in [2.05, 4.69) is 20.8 Å². The van der Waals surface area contributed by atoms with Gasteiger partial charge in [-0.05, 0) is 24.1 Å². The minimum Gasteiger partial charge on any atom is -0.340 e. The van der Waals surface area contributed by atoms with Gasteiger partial charge in [0.25, 0.3) is 5.91 Å². The van der Waals surface area contributed by atoms with Crippen molar-refractivity contribution in [2.45, 2.75) is 19.9 Å². The number of nitrogens with zero attached hydrogens (tertiary/aromatic N) is 2. The summed E-state index contributed by atoms with van der Waals surface area (Å²) < 4.78 is 0.